The average Bonchev–Trinajstić information content (AvgIpc) is 3.45. The fourth-order valence-electron chi connectivity index (χ4n) is 5.80. The quantitative estimate of drug-likeness (QED) is 0.257. The molecule has 7 rings (SSSR count). The third kappa shape index (κ3) is 2.96. The Kier molecular flexibility index (Phi) is 4.50. The molecule has 0 amide bonds. The second-order valence-corrected chi connectivity index (χ2v) is 11.3. The van der Waals surface area contributed by atoms with Crippen molar-refractivity contribution in [2.45, 2.75) is 52.2 Å². The Bertz CT molecular complexity index is 1670. The molecule has 5 heteroatoms. The number of benzene rings is 3. The maximum Gasteiger partial charge on any atom is 0.495 e. The molecule has 180 valence electrons. The highest BCUT2D eigenvalue weighted by atomic mass is 16.7. The third-order valence-corrected chi connectivity index (χ3v) is 8.38. The molecule has 1 aliphatic heterocycles. The zero-order chi connectivity index (χ0) is 24.8. The van der Waals surface area contributed by atoms with E-state index in [9.17, 15) is 0 Å². The zero-order valence-electron chi connectivity index (χ0n) is 21.5. The molecule has 36 heavy (non-hydrogen) atoms. The molecular formula is C31H30BNO3. The maximum absolute atomic E-state index is 6.65. The van der Waals surface area contributed by atoms with E-state index >= 15 is 0 Å². The smallest absolute Gasteiger partial charge is 0.454 e. The van der Waals surface area contributed by atoms with Crippen molar-refractivity contribution >= 4 is 51.5 Å². The van der Waals surface area contributed by atoms with Gasteiger partial charge in [0.15, 0.2) is 5.58 Å². The molecule has 0 saturated carbocycles. The van der Waals surface area contributed by atoms with Gasteiger partial charge in [0.05, 0.1) is 16.7 Å². The Labute approximate surface area is 211 Å². The van der Waals surface area contributed by atoms with Crippen molar-refractivity contribution in [1.29, 1.82) is 0 Å². The fraction of sp³-hybridized carbons (Fsp3) is 0.290. The van der Waals surface area contributed by atoms with Gasteiger partial charge in [0.25, 0.3) is 0 Å². The molecule has 1 atom stereocenters. The second kappa shape index (κ2) is 7.38. The van der Waals surface area contributed by atoms with Gasteiger partial charge in [-0.3, -0.25) is 0 Å². The molecular weight excluding hydrogens is 445 g/mol. The van der Waals surface area contributed by atoms with Crippen LogP contribution in [0.3, 0.4) is 0 Å². The van der Waals surface area contributed by atoms with Crippen LogP contribution >= 0.6 is 0 Å². The van der Waals surface area contributed by atoms with E-state index < -0.39 is 18.3 Å². The van der Waals surface area contributed by atoms with E-state index in [4.69, 9.17) is 13.7 Å². The summed E-state index contributed by atoms with van der Waals surface area (Å²) in [6.07, 6.45) is 5.55. The molecule has 3 aromatic carbocycles. The number of fused-ring (bicyclic) bond motifs is 7. The normalized spacial score (nSPS) is 20.6. The van der Waals surface area contributed by atoms with Crippen molar-refractivity contribution in [3.05, 3.63) is 78.0 Å². The number of hydrogen-bond donors (Lipinski definition) is 0. The van der Waals surface area contributed by atoms with Gasteiger partial charge in [-0.05, 0) is 81.4 Å². The Morgan fingerprint density at radius 2 is 1.58 bits per heavy atom. The van der Waals surface area contributed by atoms with Crippen molar-refractivity contribution in [1.82, 2.24) is 4.57 Å². The number of rotatable bonds is 2. The van der Waals surface area contributed by atoms with Crippen molar-refractivity contribution in [3.8, 4) is 5.69 Å². The highest BCUT2D eigenvalue weighted by Crippen LogP contribution is 2.43. The first-order chi connectivity index (χ1) is 17.2. The van der Waals surface area contributed by atoms with Crippen molar-refractivity contribution < 1.29 is 13.7 Å². The van der Waals surface area contributed by atoms with Crippen LogP contribution < -0.4 is 5.46 Å². The van der Waals surface area contributed by atoms with Crippen LogP contribution in [0.5, 0.6) is 0 Å². The first-order valence-corrected chi connectivity index (χ1v) is 12.9. The van der Waals surface area contributed by atoms with Gasteiger partial charge in [0.1, 0.15) is 5.58 Å². The molecule has 0 N–H and O–H groups in total. The Hall–Kier alpha value is -3.28. The molecule has 1 fully saturated rings. The summed E-state index contributed by atoms with van der Waals surface area (Å²) < 4.78 is 22.3. The Balaban J connectivity index is 1.66. The highest BCUT2D eigenvalue weighted by molar-refractivity contribution is 6.66. The summed E-state index contributed by atoms with van der Waals surface area (Å²) in [6, 6.07) is 21.1. The van der Waals surface area contributed by atoms with E-state index in [1.165, 1.54) is 16.6 Å². The number of hydrogen-bond acceptors (Lipinski definition) is 3. The van der Waals surface area contributed by atoms with Crippen LogP contribution in [0.15, 0.2) is 71.2 Å². The summed E-state index contributed by atoms with van der Waals surface area (Å²) in [7, 11) is -0.465. The van der Waals surface area contributed by atoms with Crippen molar-refractivity contribution in [2.75, 3.05) is 0 Å². The van der Waals surface area contributed by atoms with E-state index in [1.807, 2.05) is 12.1 Å². The SMILES string of the molecule is CC1C=Cc2c(c3c(B4OC(C)(C)C(C)(C)O4)cc4c5ccccc5oc4c3n2-c2ccccc2)C1. The first-order valence-electron chi connectivity index (χ1n) is 12.9. The standard InChI is InChI=1S/C31H30BNO3/c1-19-15-16-25-23(17-19)27-24(32-35-30(2,3)31(4,5)36-32)18-22-21-13-9-10-14-26(21)34-29(22)28(27)33(25)20-11-7-6-8-12-20/h6-16,18-19H,17H2,1-5H3. The van der Waals surface area contributed by atoms with Gasteiger partial charge in [0, 0.05) is 27.5 Å². The lowest BCUT2D eigenvalue weighted by atomic mass is 9.74. The minimum Gasteiger partial charge on any atom is -0.454 e. The van der Waals surface area contributed by atoms with Crippen molar-refractivity contribution in [3.63, 3.8) is 0 Å². The fourth-order valence-corrected chi connectivity index (χ4v) is 5.80. The molecule has 5 aromatic rings. The van der Waals surface area contributed by atoms with E-state index in [0.29, 0.717) is 5.92 Å². The van der Waals surface area contributed by atoms with E-state index in [-0.39, 0.29) is 0 Å². The minimum atomic E-state index is -0.465. The molecule has 1 saturated heterocycles. The van der Waals surface area contributed by atoms with Gasteiger partial charge in [-0.2, -0.15) is 0 Å². The monoisotopic (exact) mass is 475 g/mol. The summed E-state index contributed by atoms with van der Waals surface area (Å²) >= 11 is 0. The van der Waals surface area contributed by atoms with Crippen molar-refractivity contribution in [2.24, 2.45) is 5.92 Å². The van der Waals surface area contributed by atoms with Gasteiger partial charge in [-0.15, -0.1) is 0 Å². The predicted octanol–water partition coefficient (Wildman–Crippen LogP) is 7.03. The molecule has 1 aliphatic carbocycles. The topological polar surface area (TPSA) is 36.5 Å². The number of para-hydroxylation sites is 2. The lowest BCUT2D eigenvalue weighted by molar-refractivity contribution is 0.00578. The molecule has 2 aliphatic rings. The summed E-state index contributed by atoms with van der Waals surface area (Å²) in [5.74, 6) is 0.449. The van der Waals surface area contributed by atoms with E-state index in [0.717, 1.165) is 45.0 Å². The molecule has 4 nitrogen and oxygen atoms in total. The summed E-state index contributed by atoms with van der Waals surface area (Å²) in [6.45, 7) is 10.7. The molecule has 0 spiro atoms. The Morgan fingerprint density at radius 3 is 2.33 bits per heavy atom. The van der Waals surface area contributed by atoms with Crippen LogP contribution in [0.2, 0.25) is 0 Å². The molecule has 2 aromatic heterocycles. The lowest BCUT2D eigenvalue weighted by Crippen LogP contribution is -2.41. The molecule has 0 bridgehead atoms. The summed E-state index contributed by atoms with van der Waals surface area (Å²) in [5, 5.41) is 3.39. The van der Waals surface area contributed by atoms with E-state index in [1.54, 1.807) is 0 Å². The third-order valence-electron chi connectivity index (χ3n) is 8.38. The lowest BCUT2D eigenvalue weighted by Gasteiger charge is -2.32. The molecule has 3 heterocycles. The average molecular weight is 475 g/mol. The maximum atomic E-state index is 6.65. The number of nitrogens with zero attached hydrogens (tertiary/aromatic N) is 1. The number of furan rings is 1. The van der Waals surface area contributed by atoms with Gasteiger partial charge >= 0.3 is 7.12 Å². The van der Waals surface area contributed by atoms with E-state index in [2.05, 4.69) is 99.9 Å². The van der Waals surface area contributed by atoms with Crippen LogP contribution in [-0.4, -0.2) is 22.9 Å². The van der Waals surface area contributed by atoms with Gasteiger partial charge in [0.2, 0.25) is 0 Å². The predicted molar refractivity (Wildman–Crippen MR) is 148 cm³/mol. The minimum absolute atomic E-state index is 0.424. The summed E-state index contributed by atoms with van der Waals surface area (Å²) in [5.41, 5.74) is 6.78. The summed E-state index contributed by atoms with van der Waals surface area (Å²) in [4.78, 5) is 0. The van der Waals surface area contributed by atoms with Crippen LogP contribution in [0.4, 0.5) is 0 Å². The van der Waals surface area contributed by atoms with Crippen LogP contribution in [-0.2, 0) is 15.7 Å². The Morgan fingerprint density at radius 1 is 0.889 bits per heavy atom. The number of aromatic nitrogens is 1. The van der Waals surface area contributed by atoms with Gasteiger partial charge in [-0.25, -0.2) is 0 Å². The van der Waals surface area contributed by atoms with Crippen LogP contribution in [0, 0.1) is 5.92 Å². The molecule has 0 radical (unpaired) electrons. The zero-order valence-corrected chi connectivity index (χ0v) is 21.5. The number of allylic oxidation sites excluding steroid dienone is 1. The second-order valence-electron chi connectivity index (χ2n) is 11.3. The van der Waals surface area contributed by atoms with Crippen LogP contribution in [0.1, 0.15) is 45.9 Å². The largest absolute Gasteiger partial charge is 0.495 e. The first kappa shape index (κ1) is 22.0. The van der Waals surface area contributed by atoms with Crippen LogP contribution in [0.25, 0.3) is 44.6 Å². The highest BCUT2D eigenvalue weighted by Gasteiger charge is 2.52. The van der Waals surface area contributed by atoms with Gasteiger partial charge in [-0.1, -0.05) is 49.4 Å². The molecule has 1 unspecified atom stereocenters. The van der Waals surface area contributed by atoms with Gasteiger partial charge < -0.3 is 18.3 Å².